The molecular formula is C24H36N2O4. The van der Waals surface area contributed by atoms with Gasteiger partial charge >= 0.3 is 12.2 Å². The molecule has 2 aliphatic rings. The van der Waals surface area contributed by atoms with Crippen LogP contribution >= 0.6 is 0 Å². The van der Waals surface area contributed by atoms with Crippen molar-refractivity contribution in [1.29, 1.82) is 0 Å². The summed E-state index contributed by atoms with van der Waals surface area (Å²) in [5, 5.41) is 0. The minimum absolute atomic E-state index is 0.108. The molecule has 0 saturated carbocycles. The van der Waals surface area contributed by atoms with Crippen molar-refractivity contribution >= 4 is 12.2 Å². The largest absolute Gasteiger partial charge is 0.447 e. The molecule has 0 bridgehead atoms. The second kappa shape index (κ2) is 9.71. The lowest BCUT2D eigenvalue weighted by atomic mass is 9.87. The zero-order chi connectivity index (χ0) is 21.7. The monoisotopic (exact) mass is 416 g/mol. The maximum absolute atomic E-state index is 12.3. The molecule has 2 fully saturated rings. The zero-order valence-electron chi connectivity index (χ0n) is 18.8. The SMILES string of the molecule is C[C@H](CC1CCN(C(=O)OC(C)(C)C)CC1)CN1C(=O)OC[C@@H]1Cc1ccccc1. The summed E-state index contributed by atoms with van der Waals surface area (Å²) in [6, 6.07) is 10.4. The Morgan fingerprint density at radius 3 is 2.50 bits per heavy atom. The van der Waals surface area contributed by atoms with Gasteiger partial charge in [-0.15, -0.1) is 0 Å². The maximum atomic E-state index is 12.3. The van der Waals surface area contributed by atoms with Crippen LogP contribution < -0.4 is 0 Å². The van der Waals surface area contributed by atoms with Crippen molar-refractivity contribution in [3.63, 3.8) is 0 Å². The summed E-state index contributed by atoms with van der Waals surface area (Å²) < 4.78 is 10.8. The third-order valence-electron chi connectivity index (χ3n) is 5.90. The van der Waals surface area contributed by atoms with E-state index in [9.17, 15) is 9.59 Å². The fourth-order valence-corrected chi connectivity index (χ4v) is 4.43. The first kappa shape index (κ1) is 22.4. The van der Waals surface area contributed by atoms with Gasteiger partial charge in [-0.05, 0) is 63.9 Å². The minimum atomic E-state index is -0.455. The summed E-state index contributed by atoms with van der Waals surface area (Å²) in [7, 11) is 0. The average molecular weight is 417 g/mol. The van der Waals surface area contributed by atoms with E-state index in [1.54, 1.807) is 0 Å². The van der Waals surface area contributed by atoms with Gasteiger partial charge < -0.3 is 19.3 Å². The molecule has 6 nitrogen and oxygen atoms in total. The molecule has 0 aromatic heterocycles. The summed E-state index contributed by atoms with van der Waals surface area (Å²) in [6.07, 6.45) is 3.46. The van der Waals surface area contributed by atoms with Crippen LogP contribution in [0.2, 0.25) is 0 Å². The lowest BCUT2D eigenvalue weighted by molar-refractivity contribution is 0.0174. The van der Waals surface area contributed by atoms with E-state index in [1.165, 1.54) is 5.56 Å². The van der Waals surface area contributed by atoms with Crippen LogP contribution in [0.1, 0.15) is 52.5 Å². The molecule has 0 unspecified atom stereocenters. The second-order valence-corrected chi connectivity index (χ2v) is 9.82. The van der Waals surface area contributed by atoms with Gasteiger partial charge in [0.25, 0.3) is 0 Å². The number of carbonyl (C=O) groups is 2. The Hall–Kier alpha value is -2.24. The molecule has 2 heterocycles. The number of nitrogens with zero attached hydrogens (tertiary/aromatic N) is 2. The summed E-state index contributed by atoms with van der Waals surface area (Å²) >= 11 is 0. The minimum Gasteiger partial charge on any atom is -0.447 e. The third kappa shape index (κ3) is 6.38. The Morgan fingerprint density at radius 1 is 1.20 bits per heavy atom. The van der Waals surface area contributed by atoms with Crippen LogP contribution in [0.3, 0.4) is 0 Å². The molecule has 166 valence electrons. The van der Waals surface area contributed by atoms with Crippen LogP contribution in [-0.4, -0.2) is 59.9 Å². The number of rotatable bonds is 6. The van der Waals surface area contributed by atoms with Gasteiger partial charge in [-0.25, -0.2) is 9.59 Å². The molecule has 0 aliphatic carbocycles. The van der Waals surface area contributed by atoms with Crippen molar-refractivity contribution in [2.24, 2.45) is 11.8 Å². The molecule has 6 heteroatoms. The molecule has 0 radical (unpaired) electrons. The first-order valence-corrected chi connectivity index (χ1v) is 11.2. The van der Waals surface area contributed by atoms with Gasteiger partial charge in [-0.1, -0.05) is 37.3 Å². The van der Waals surface area contributed by atoms with E-state index in [0.717, 1.165) is 45.3 Å². The maximum Gasteiger partial charge on any atom is 0.410 e. The standard InChI is InChI=1S/C24H36N2O4/c1-18(14-20-10-12-25(13-11-20)22(27)30-24(2,3)4)16-26-21(17-29-23(26)28)15-19-8-6-5-7-9-19/h5-9,18,20-21H,10-17H2,1-4H3/t18-,21+/m1/s1. The van der Waals surface area contributed by atoms with Crippen LogP contribution in [0, 0.1) is 11.8 Å². The van der Waals surface area contributed by atoms with Gasteiger partial charge in [0.2, 0.25) is 0 Å². The van der Waals surface area contributed by atoms with Gasteiger partial charge in [-0.3, -0.25) is 0 Å². The van der Waals surface area contributed by atoms with Crippen LogP contribution in [0.15, 0.2) is 30.3 Å². The Kier molecular flexibility index (Phi) is 7.27. The van der Waals surface area contributed by atoms with E-state index in [4.69, 9.17) is 9.47 Å². The van der Waals surface area contributed by atoms with E-state index in [-0.39, 0.29) is 18.2 Å². The molecule has 1 aromatic rings. The van der Waals surface area contributed by atoms with Gasteiger partial charge in [0, 0.05) is 19.6 Å². The second-order valence-electron chi connectivity index (χ2n) is 9.82. The number of amides is 2. The zero-order valence-corrected chi connectivity index (χ0v) is 18.8. The van der Waals surface area contributed by atoms with Gasteiger partial charge in [0.05, 0.1) is 6.04 Å². The Labute approximate surface area is 180 Å². The molecular weight excluding hydrogens is 380 g/mol. The van der Waals surface area contributed by atoms with Crippen molar-refractivity contribution in [3.05, 3.63) is 35.9 Å². The van der Waals surface area contributed by atoms with Crippen LogP contribution in [0.5, 0.6) is 0 Å². The first-order valence-electron chi connectivity index (χ1n) is 11.2. The quantitative estimate of drug-likeness (QED) is 0.673. The summed E-state index contributed by atoms with van der Waals surface area (Å²) in [5.74, 6) is 0.969. The van der Waals surface area contributed by atoms with Crippen LogP contribution in [0.4, 0.5) is 9.59 Å². The molecule has 1 aromatic carbocycles. The predicted molar refractivity (Wildman–Crippen MR) is 116 cm³/mol. The molecule has 2 amide bonds. The Morgan fingerprint density at radius 2 is 1.87 bits per heavy atom. The van der Waals surface area contributed by atoms with Crippen LogP contribution in [-0.2, 0) is 15.9 Å². The highest BCUT2D eigenvalue weighted by Crippen LogP contribution is 2.27. The van der Waals surface area contributed by atoms with Crippen molar-refractivity contribution in [2.45, 2.75) is 65.0 Å². The van der Waals surface area contributed by atoms with Crippen molar-refractivity contribution in [2.75, 3.05) is 26.2 Å². The fraction of sp³-hybridized carbons (Fsp3) is 0.667. The number of piperidine rings is 1. The van der Waals surface area contributed by atoms with Gasteiger partial charge in [0.1, 0.15) is 12.2 Å². The van der Waals surface area contributed by atoms with Crippen molar-refractivity contribution in [3.8, 4) is 0 Å². The molecule has 0 spiro atoms. The van der Waals surface area contributed by atoms with E-state index in [0.29, 0.717) is 18.4 Å². The number of likely N-dealkylation sites (tertiary alicyclic amines) is 1. The molecule has 0 N–H and O–H groups in total. The highest BCUT2D eigenvalue weighted by atomic mass is 16.6. The summed E-state index contributed by atoms with van der Waals surface area (Å²) in [4.78, 5) is 28.3. The molecule has 3 rings (SSSR count). The number of hydrogen-bond donors (Lipinski definition) is 0. The molecule has 2 aliphatic heterocycles. The van der Waals surface area contributed by atoms with Crippen molar-refractivity contribution in [1.82, 2.24) is 9.80 Å². The average Bonchev–Trinajstić information content (AvgIpc) is 3.01. The molecule has 2 saturated heterocycles. The summed E-state index contributed by atoms with van der Waals surface area (Å²) in [5.41, 5.74) is 0.774. The normalized spacial score (nSPS) is 21.5. The lowest BCUT2D eigenvalue weighted by Gasteiger charge is -2.35. The Bertz CT molecular complexity index is 708. The number of ether oxygens (including phenoxy) is 2. The third-order valence-corrected chi connectivity index (χ3v) is 5.90. The van der Waals surface area contributed by atoms with E-state index in [1.807, 2.05) is 48.8 Å². The molecule has 30 heavy (non-hydrogen) atoms. The van der Waals surface area contributed by atoms with E-state index >= 15 is 0 Å². The highest BCUT2D eigenvalue weighted by Gasteiger charge is 2.34. The lowest BCUT2D eigenvalue weighted by Crippen LogP contribution is -2.42. The smallest absolute Gasteiger partial charge is 0.410 e. The first-order chi connectivity index (χ1) is 14.2. The van der Waals surface area contributed by atoms with Crippen molar-refractivity contribution < 1.29 is 19.1 Å². The number of cyclic esters (lactones) is 1. The summed E-state index contributed by atoms with van der Waals surface area (Å²) in [6.45, 7) is 10.6. The molecule has 2 atom stereocenters. The van der Waals surface area contributed by atoms with Gasteiger partial charge in [-0.2, -0.15) is 0 Å². The topological polar surface area (TPSA) is 59.1 Å². The number of carbonyl (C=O) groups excluding carboxylic acids is 2. The number of benzene rings is 1. The van der Waals surface area contributed by atoms with E-state index < -0.39 is 5.60 Å². The Balaban J connectivity index is 1.45. The van der Waals surface area contributed by atoms with E-state index in [2.05, 4.69) is 19.1 Å². The number of hydrogen-bond acceptors (Lipinski definition) is 4. The highest BCUT2D eigenvalue weighted by molar-refractivity contribution is 5.70. The van der Waals surface area contributed by atoms with Crippen LogP contribution in [0.25, 0.3) is 0 Å². The predicted octanol–water partition coefficient (Wildman–Crippen LogP) is 4.72. The fourth-order valence-electron chi connectivity index (χ4n) is 4.43. The van der Waals surface area contributed by atoms with Gasteiger partial charge in [0.15, 0.2) is 0 Å².